The molecule has 0 unspecified atom stereocenters. The van der Waals surface area contributed by atoms with E-state index in [0.717, 1.165) is 0 Å². The van der Waals surface area contributed by atoms with E-state index in [9.17, 15) is 35.1 Å². The summed E-state index contributed by atoms with van der Waals surface area (Å²) < 4.78 is 100. The van der Waals surface area contributed by atoms with E-state index >= 15 is 0 Å². The molecule has 102 valence electrons. The van der Waals surface area contributed by atoms with Crippen molar-refractivity contribution in [3.8, 4) is 0 Å². The van der Waals surface area contributed by atoms with Crippen molar-refractivity contribution in [1.82, 2.24) is 0 Å². The predicted octanol–water partition coefficient (Wildman–Crippen LogP) is 3.70. The highest BCUT2D eigenvalue weighted by Crippen LogP contribution is 2.53. The van der Waals surface area contributed by atoms with Crippen molar-refractivity contribution in [2.24, 2.45) is 0 Å². The number of hydrogen-bond acceptors (Lipinski definition) is 1. The van der Waals surface area contributed by atoms with Crippen LogP contribution in [0.5, 0.6) is 0 Å². The zero-order chi connectivity index (χ0) is 14.4. The lowest BCUT2D eigenvalue weighted by Crippen LogP contribution is -2.50. The Balaban J connectivity index is 3.56. The number of nitrogens with two attached hydrogens (primary N) is 1. The van der Waals surface area contributed by atoms with Crippen LogP contribution in [-0.4, -0.2) is 12.4 Å². The number of rotatable bonds is 1. The molecule has 0 aliphatic heterocycles. The Kier molecular flexibility index (Phi) is 3.22. The van der Waals surface area contributed by atoms with Gasteiger partial charge >= 0.3 is 18.0 Å². The van der Waals surface area contributed by atoms with Crippen molar-refractivity contribution in [3.05, 3.63) is 29.6 Å². The van der Waals surface area contributed by atoms with E-state index in [0.29, 0.717) is 6.07 Å². The van der Waals surface area contributed by atoms with Crippen molar-refractivity contribution in [1.29, 1.82) is 0 Å². The molecule has 1 rings (SSSR count). The fourth-order valence-corrected chi connectivity index (χ4v) is 1.28. The van der Waals surface area contributed by atoms with Crippen LogP contribution in [0.3, 0.4) is 0 Å². The molecule has 2 N–H and O–H groups in total. The number of halogens is 8. The van der Waals surface area contributed by atoms with E-state index < -0.39 is 35.1 Å². The second-order valence-electron chi connectivity index (χ2n) is 3.39. The minimum atomic E-state index is -6.35. The van der Waals surface area contributed by atoms with Gasteiger partial charge in [0, 0.05) is 11.3 Å². The molecule has 0 fully saturated rings. The molecule has 18 heavy (non-hydrogen) atoms. The number of benzene rings is 1. The summed E-state index contributed by atoms with van der Waals surface area (Å²) in [5, 5.41) is 0. The van der Waals surface area contributed by atoms with Crippen LogP contribution in [0.4, 0.5) is 40.8 Å². The van der Waals surface area contributed by atoms with Gasteiger partial charge in [-0.05, 0) is 12.1 Å². The molecule has 0 heterocycles. The Labute approximate surface area is 95.2 Å². The maximum atomic E-state index is 13.4. The first kappa shape index (κ1) is 14.5. The molecule has 0 spiro atoms. The zero-order valence-corrected chi connectivity index (χ0v) is 8.33. The Morgan fingerprint density at radius 1 is 0.833 bits per heavy atom. The third-order valence-electron chi connectivity index (χ3n) is 2.15. The number of anilines is 1. The fraction of sp³-hybridized carbons (Fsp3) is 0.333. The molecule has 0 aliphatic carbocycles. The van der Waals surface area contributed by atoms with E-state index in [1.54, 1.807) is 0 Å². The van der Waals surface area contributed by atoms with Gasteiger partial charge < -0.3 is 5.73 Å². The standard InChI is InChI=1S/C9H5F8N/c10-6-3-4(18)1-2-5(6)7(11,8(12,13)14)9(15,16)17/h1-3H,18H2. The normalized spacial score (nSPS) is 13.8. The lowest BCUT2D eigenvalue weighted by Gasteiger charge is -2.30. The summed E-state index contributed by atoms with van der Waals surface area (Å²) in [5.41, 5.74) is -3.41. The van der Waals surface area contributed by atoms with Crippen molar-refractivity contribution in [2.45, 2.75) is 18.0 Å². The largest absolute Gasteiger partial charge is 0.436 e. The highest BCUT2D eigenvalue weighted by molar-refractivity contribution is 5.43. The van der Waals surface area contributed by atoms with E-state index in [-0.39, 0.29) is 12.1 Å². The molecule has 0 saturated carbocycles. The van der Waals surface area contributed by atoms with Crippen LogP contribution >= 0.6 is 0 Å². The molecule has 0 aliphatic rings. The van der Waals surface area contributed by atoms with Gasteiger partial charge in [-0.15, -0.1) is 0 Å². The van der Waals surface area contributed by atoms with Gasteiger partial charge in [-0.1, -0.05) is 6.07 Å². The Morgan fingerprint density at radius 2 is 1.28 bits per heavy atom. The van der Waals surface area contributed by atoms with Crippen LogP contribution in [-0.2, 0) is 5.67 Å². The summed E-state index contributed by atoms with van der Waals surface area (Å²) in [6.45, 7) is 0. The minimum Gasteiger partial charge on any atom is -0.399 e. The number of hydrogen-bond donors (Lipinski definition) is 1. The minimum absolute atomic E-state index is 0.0195. The second kappa shape index (κ2) is 3.99. The maximum absolute atomic E-state index is 13.4. The molecular formula is C9H5F8N. The van der Waals surface area contributed by atoms with Crippen LogP contribution in [0.15, 0.2) is 18.2 Å². The molecule has 0 atom stereocenters. The second-order valence-corrected chi connectivity index (χ2v) is 3.39. The van der Waals surface area contributed by atoms with Gasteiger partial charge in [-0.25, -0.2) is 8.78 Å². The smallest absolute Gasteiger partial charge is 0.399 e. The average Bonchev–Trinajstić information content (AvgIpc) is 2.12. The Hall–Kier alpha value is -1.54. The summed E-state index contributed by atoms with van der Waals surface area (Å²) >= 11 is 0. The van der Waals surface area contributed by atoms with E-state index in [1.807, 2.05) is 0 Å². The lowest BCUT2D eigenvalue weighted by atomic mass is 9.93. The quantitative estimate of drug-likeness (QED) is 0.615. The topological polar surface area (TPSA) is 26.0 Å². The summed E-state index contributed by atoms with van der Waals surface area (Å²) in [4.78, 5) is 0. The van der Waals surface area contributed by atoms with Gasteiger partial charge in [0.05, 0.1) is 0 Å². The van der Waals surface area contributed by atoms with Gasteiger partial charge in [0.2, 0.25) is 0 Å². The van der Waals surface area contributed by atoms with Crippen LogP contribution in [0.2, 0.25) is 0 Å². The van der Waals surface area contributed by atoms with Crippen molar-refractivity contribution < 1.29 is 35.1 Å². The molecule has 1 nitrogen and oxygen atoms in total. The highest BCUT2D eigenvalue weighted by atomic mass is 19.4. The van der Waals surface area contributed by atoms with E-state index in [4.69, 9.17) is 5.73 Å². The SMILES string of the molecule is Nc1ccc(C(F)(C(F)(F)F)C(F)(F)F)c(F)c1. The van der Waals surface area contributed by atoms with Crippen LogP contribution < -0.4 is 5.73 Å². The first-order chi connectivity index (χ1) is 7.91. The zero-order valence-electron chi connectivity index (χ0n) is 8.33. The Bertz CT molecular complexity index is 433. The third-order valence-corrected chi connectivity index (χ3v) is 2.15. The lowest BCUT2D eigenvalue weighted by molar-refractivity contribution is -0.349. The van der Waals surface area contributed by atoms with Gasteiger partial charge in [0.1, 0.15) is 5.82 Å². The Morgan fingerprint density at radius 3 is 1.61 bits per heavy atom. The average molecular weight is 279 g/mol. The fourth-order valence-electron chi connectivity index (χ4n) is 1.28. The van der Waals surface area contributed by atoms with E-state index in [2.05, 4.69) is 0 Å². The monoisotopic (exact) mass is 279 g/mol. The summed E-state index contributed by atoms with van der Waals surface area (Å²) in [7, 11) is 0. The van der Waals surface area contributed by atoms with Crippen molar-refractivity contribution >= 4 is 5.69 Å². The van der Waals surface area contributed by atoms with Crippen molar-refractivity contribution in [2.75, 3.05) is 5.73 Å². The molecule has 1 aromatic carbocycles. The van der Waals surface area contributed by atoms with Crippen LogP contribution in [0.1, 0.15) is 5.56 Å². The van der Waals surface area contributed by atoms with Gasteiger partial charge in [0.25, 0.3) is 0 Å². The predicted molar refractivity (Wildman–Crippen MR) is 45.7 cm³/mol. The van der Waals surface area contributed by atoms with Crippen molar-refractivity contribution in [3.63, 3.8) is 0 Å². The highest BCUT2D eigenvalue weighted by Gasteiger charge is 2.74. The summed E-state index contributed by atoms with van der Waals surface area (Å²) in [5.74, 6) is -2.02. The van der Waals surface area contributed by atoms with E-state index in [1.165, 1.54) is 0 Å². The molecule has 0 amide bonds. The summed E-state index contributed by atoms with van der Waals surface area (Å²) in [6.07, 6.45) is -12.7. The van der Waals surface area contributed by atoms with Crippen LogP contribution in [0, 0.1) is 5.82 Å². The first-order valence-corrected chi connectivity index (χ1v) is 4.29. The van der Waals surface area contributed by atoms with Crippen LogP contribution in [0.25, 0.3) is 0 Å². The molecule has 0 saturated heterocycles. The molecule has 9 heteroatoms. The van der Waals surface area contributed by atoms with Gasteiger partial charge in [0.15, 0.2) is 0 Å². The number of alkyl halides is 7. The molecule has 0 bridgehead atoms. The first-order valence-electron chi connectivity index (χ1n) is 4.29. The maximum Gasteiger partial charge on any atom is 0.436 e. The molecule has 1 aromatic rings. The van der Waals surface area contributed by atoms with Gasteiger partial charge in [-0.3, -0.25) is 0 Å². The number of nitrogen functional groups attached to an aromatic ring is 1. The molecule has 0 radical (unpaired) electrons. The summed E-state index contributed by atoms with van der Waals surface area (Å²) in [6, 6.07) is 0.747. The molecule has 0 aromatic heterocycles. The van der Waals surface area contributed by atoms with Gasteiger partial charge in [-0.2, -0.15) is 26.3 Å². The molecular weight excluding hydrogens is 274 g/mol. The third kappa shape index (κ3) is 2.08.